The van der Waals surface area contributed by atoms with Gasteiger partial charge in [-0.3, -0.25) is 9.36 Å². The van der Waals surface area contributed by atoms with Crippen LogP contribution in [0.1, 0.15) is 5.56 Å². The van der Waals surface area contributed by atoms with E-state index in [2.05, 4.69) is 42.5 Å². The molecule has 29 heavy (non-hydrogen) atoms. The molecule has 4 aromatic carbocycles. The largest absolute Gasteiger partial charge is 0.268 e. The van der Waals surface area contributed by atoms with Crippen molar-refractivity contribution in [3.8, 4) is 5.69 Å². The molecule has 0 aliphatic heterocycles. The summed E-state index contributed by atoms with van der Waals surface area (Å²) >= 11 is 1.59. The van der Waals surface area contributed by atoms with Gasteiger partial charge in [-0.25, -0.2) is 4.98 Å². The van der Waals surface area contributed by atoms with Gasteiger partial charge in [-0.2, -0.15) is 0 Å². The Kier molecular flexibility index (Phi) is 4.62. The van der Waals surface area contributed by atoms with Gasteiger partial charge in [0.05, 0.1) is 16.6 Å². The van der Waals surface area contributed by atoms with Gasteiger partial charge < -0.3 is 0 Å². The second-order valence-electron chi connectivity index (χ2n) is 6.81. The third kappa shape index (κ3) is 3.32. The van der Waals surface area contributed by atoms with Gasteiger partial charge in [0.1, 0.15) is 0 Å². The molecule has 0 atom stereocenters. The molecule has 0 bridgehead atoms. The van der Waals surface area contributed by atoms with Crippen molar-refractivity contribution in [3.05, 3.63) is 113 Å². The Hall–Kier alpha value is -3.37. The van der Waals surface area contributed by atoms with E-state index in [4.69, 9.17) is 4.98 Å². The average molecular weight is 394 g/mol. The first-order chi connectivity index (χ1) is 14.3. The molecular formula is C25H18N2OS. The highest BCUT2D eigenvalue weighted by Crippen LogP contribution is 2.28. The van der Waals surface area contributed by atoms with Gasteiger partial charge in [-0.05, 0) is 40.6 Å². The fourth-order valence-corrected chi connectivity index (χ4v) is 4.59. The highest BCUT2D eigenvalue weighted by Gasteiger charge is 2.13. The Balaban J connectivity index is 1.63. The Labute approximate surface area is 172 Å². The van der Waals surface area contributed by atoms with Crippen molar-refractivity contribution in [2.75, 3.05) is 0 Å². The van der Waals surface area contributed by atoms with Crippen LogP contribution in [0.2, 0.25) is 0 Å². The van der Waals surface area contributed by atoms with Crippen LogP contribution in [0.3, 0.4) is 0 Å². The zero-order chi connectivity index (χ0) is 19.6. The summed E-state index contributed by atoms with van der Waals surface area (Å²) in [6.45, 7) is 0. The summed E-state index contributed by atoms with van der Waals surface area (Å²) < 4.78 is 1.72. The first kappa shape index (κ1) is 17.7. The first-order valence-corrected chi connectivity index (χ1v) is 10.5. The minimum absolute atomic E-state index is 0.0396. The van der Waals surface area contributed by atoms with Gasteiger partial charge in [0.25, 0.3) is 5.56 Å². The molecule has 1 aromatic heterocycles. The fourth-order valence-electron chi connectivity index (χ4n) is 3.57. The van der Waals surface area contributed by atoms with Crippen LogP contribution in [0, 0.1) is 0 Å². The number of hydrogen-bond donors (Lipinski definition) is 0. The number of benzene rings is 4. The molecule has 5 rings (SSSR count). The third-order valence-corrected chi connectivity index (χ3v) is 5.98. The van der Waals surface area contributed by atoms with Crippen molar-refractivity contribution in [1.82, 2.24) is 9.55 Å². The molecule has 0 spiro atoms. The van der Waals surface area contributed by atoms with Crippen molar-refractivity contribution >= 4 is 33.4 Å². The lowest BCUT2D eigenvalue weighted by Gasteiger charge is -2.13. The molecule has 0 amide bonds. The SMILES string of the molecule is O=c1c2ccccc2nc(SCc2cccc3ccccc23)n1-c1ccccc1. The summed E-state index contributed by atoms with van der Waals surface area (Å²) in [7, 11) is 0. The van der Waals surface area contributed by atoms with Crippen LogP contribution in [0.4, 0.5) is 0 Å². The highest BCUT2D eigenvalue weighted by molar-refractivity contribution is 7.98. The second kappa shape index (κ2) is 7.57. The average Bonchev–Trinajstić information content (AvgIpc) is 2.78. The summed E-state index contributed by atoms with van der Waals surface area (Å²) in [6.07, 6.45) is 0. The van der Waals surface area contributed by atoms with Crippen molar-refractivity contribution in [2.24, 2.45) is 0 Å². The lowest BCUT2D eigenvalue weighted by Crippen LogP contribution is -2.21. The molecule has 0 saturated carbocycles. The topological polar surface area (TPSA) is 34.9 Å². The van der Waals surface area contributed by atoms with Crippen LogP contribution in [0.25, 0.3) is 27.4 Å². The second-order valence-corrected chi connectivity index (χ2v) is 7.76. The van der Waals surface area contributed by atoms with Gasteiger partial charge >= 0.3 is 0 Å². The minimum Gasteiger partial charge on any atom is -0.268 e. The molecule has 0 fully saturated rings. The van der Waals surface area contributed by atoms with Gasteiger partial charge in [0.2, 0.25) is 0 Å². The zero-order valence-corrected chi connectivity index (χ0v) is 16.5. The molecule has 1 heterocycles. The van der Waals surface area contributed by atoms with E-state index < -0.39 is 0 Å². The van der Waals surface area contributed by atoms with E-state index in [-0.39, 0.29) is 5.56 Å². The maximum absolute atomic E-state index is 13.3. The number of rotatable bonds is 4. The lowest BCUT2D eigenvalue weighted by atomic mass is 10.1. The smallest absolute Gasteiger partial charge is 0.266 e. The monoisotopic (exact) mass is 394 g/mol. The Bertz CT molecular complexity index is 1370. The first-order valence-electron chi connectivity index (χ1n) is 9.48. The molecular weight excluding hydrogens is 376 g/mol. The summed E-state index contributed by atoms with van der Waals surface area (Å²) in [6, 6.07) is 32.0. The van der Waals surface area contributed by atoms with E-state index in [9.17, 15) is 4.79 Å². The molecule has 0 aliphatic rings. The van der Waals surface area contributed by atoms with Gasteiger partial charge in [0.15, 0.2) is 5.16 Å². The molecule has 0 aliphatic carbocycles. The van der Waals surface area contributed by atoms with Crippen LogP contribution in [0.5, 0.6) is 0 Å². The number of nitrogens with zero attached hydrogens (tertiary/aromatic N) is 2. The Morgan fingerprint density at radius 2 is 1.41 bits per heavy atom. The van der Waals surface area contributed by atoms with Crippen LogP contribution >= 0.6 is 11.8 Å². The van der Waals surface area contributed by atoms with Crippen LogP contribution in [0.15, 0.2) is 107 Å². The standard InChI is InChI=1S/C25H18N2OS/c28-24-22-15-6-7-16-23(22)26-25(27(24)20-12-2-1-3-13-20)29-17-19-11-8-10-18-9-4-5-14-21(18)19/h1-16H,17H2. The molecule has 0 N–H and O–H groups in total. The normalized spacial score (nSPS) is 11.2. The third-order valence-electron chi connectivity index (χ3n) is 5.00. The zero-order valence-electron chi connectivity index (χ0n) is 15.7. The molecule has 0 radical (unpaired) electrons. The maximum Gasteiger partial charge on any atom is 0.266 e. The predicted molar refractivity (Wildman–Crippen MR) is 121 cm³/mol. The van der Waals surface area contributed by atoms with Crippen molar-refractivity contribution in [2.45, 2.75) is 10.9 Å². The number of hydrogen-bond acceptors (Lipinski definition) is 3. The van der Waals surface area contributed by atoms with E-state index in [1.54, 1.807) is 16.3 Å². The minimum atomic E-state index is -0.0396. The van der Waals surface area contributed by atoms with E-state index in [0.717, 1.165) is 17.0 Å². The molecule has 3 nitrogen and oxygen atoms in total. The number of fused-ring (bicyclic) bond motifs is 2. The molecule has 4 heteroatoms. The van der Waals surface area contributed by atoms with E-state index in [0.29, 0.717) is 10.5 Å². The van der Waals surface area contributed by atoms with Gasteiger partial charge in [-0.15, -0.1) is 0 Å². The molecule has 0 unspecified atom stereocenters. The summed E-state index contributed by atoms with van der Waals surface area (Å²) in [5, 5.41) is 3.79. The number of thioether (sulfide) groups is 1. The predicted octanol–water partition coefficient (Wildman–Crippen LogP) is 5.83. The number of aromatic nitrogens is 2. The van der Waals surface area contributed by atoms with Crippen molar-refractivity contribution < 1.29 is 0 Å². The summed E-state index contributed by atoms with van der Waals surface area (Å²) in [4.78, 5) is 18.1. The van der Waals surface area contributed by atoms with Crippen LogP contribution in [-0.4, -0.2) is 9.55 Å². The molecule has 0 saturated heterocycles. The van der Waals surface area contributed by atoms with E-state index in [1.165, 1.54) is 16.3 Å². The number of para-hydroxylation sites is 2. The molecule has 5 aromatic rings. The van der Waals surface area contributed by atoms with Crippen LogP contribution in [-0.2, 0) is 5.75 Å². The lowest BCUT2D eigenvalue weighted by molar-refractivity contribution is 0.820. The van der Waals surface area contributed by atoms with Crippen LogP contribution < -0.4 is 5.56 Å². The Morgan fingerprint density at radius 3 is 2.28 bits per heavy atom. The molecule has 140 valence electrons. The van der Waals surface area contributed by atoms with Gasteiger partial charge in [0, 0.05) is 5.75 Å². The van der Waals surface area contributed by atoms with Gasteiger partial charge in [-0.1, -0.05) is 84.6 Å². The summed E-state index contributed by atoms with van der Waals surface area (Å²) in [5.41, 5.74) is 2.75. The highest BCUT2D eigenvalue weighted by atomic mass is 32.2. The van der Waals surface area contributed by atoms with E-state index in [1.807, 2.05) is 54.6 Å². The summed E-state index contributed by atoms with van der Waals surface area (Å²) in [5.74, 6) is 0.735. The van der Waals surface area contributed by atoms with E-state index >= 15 is 0 Å². The Morgan fingerprint density at radius 1 is 0.724 bits per heavy atom. The fraction of sp³-hybridized carbons (Fsp3) is 0.0400. The van der Waals surface area contributed by atoms with Crippen molar-refractivity contribution in [1.29, 1.82) is 0 Å². The maximum atomic E-state index is 13.3. The quantitative estimate of drug-likeness (QED) is 0.284. The van der Waals surface area contributed by atoms with Crippen molar-refractivity contribution in [3.63, 3.8) is 0 Å².